The Morgan fingerprint density at radius 1 is 1.54 bits per heavy atom. The van der Waals surface area contributed by atoms with Gasteiger partial charge in [0.1, 0.15) is 0 Å². The lowest BCUT2D eigenvalue weighted by atomic mass is 9.75. The summed E-state index contributed by atoms with van der Waals surface area (Å²) in [6.45, 7) is 7.08. The minimum absolute atomic E-state index is 0.462. The number of fused-ring (bicyclic) bond motifs is 1. The molecule has 0 amide bonds. The monoisotopic (exact) mass is 218 g/mol. The molecule has 2 aliphatic rings. The Bertz CT molecular complexity index is 197. The van der Waals surface area contributed by atoms with Crippen molar-refractivity contribution in [2.45, 2.75) is 50.9 Å². The molecule has 0 spiro atoms. The lowest BCUT2D eigenvalue weighted by Crippen LogP contribution is -2.40. The molecule has 13 heavy (non-hydrogen) atoms. The molecule has 76 valence electrons. The van der Waals surface area contributed by atoms with E-state index in [0.29, 0.717) is 18.9 Å². The minimum atomic E-state index is 0.462. The second-order valence-electron chi connectivity index (χ2n) is 4.88. The zero-order chi connectivity index (χ0) is 9.47. The van der Waals surface area contributed by atoms with Gasteiger partial charge in [-0.3, -0.25) is 0 Å². The third kappa shape index (κ3) is 1.91. The van der Waals surface area contributed by atoms with Crippen molar-refractivity contribution in [1.29, 1.82) is 0 Å². The van der Waals surface area contributed by atoms with E-state index >= 15 is 0 Å². The SMILES string of the molecule is CC(C)C1CC[C@@]2(C)SPO[C@@H]2C1. The average molecular weight is 218 g/mol. The third-order valence-corrected chi connectivity index (χ3v) is 6.95. The van der Waals surface area contributed by atoms with Crippen molar-refractivity contribution in [3.8, 4) is 0 Å². The van der Waals surface area contributed by atoms with Gasteiger partial charge in [0.2, 0.25) is 0 Å². The van der Waals surface area contributed by atoms with E-state index in [1.807, 2.05) is 11.4 Å². The molecule has 0 radical (unpaired) electrons. The highest BCUT2D eigenvalue weighted by atomic mass is 32.7. The van der Waals surface area contributed by atoms with Crippen LogP contribution in [-0.4, -0.2) is 10.9 Å². The quantitative estimate of drug-likeness (QED) is 0.618. The highest BCUT2D eigenvalue weighted by molar-refractivity contribution is 8.49. The van der Waals surface area contributed by atoms with E-state index < -0.39 is 0 Å². The van der Waals surface area contributed by atoms with Crippen LogP contribution in [0.25, 0.3) is 0 Å². The summed E-state index contributed by atoms with van der Waals surface area (Å²) < 4.78 is 6.29. The van der Waals surface area contributed by atoms with Gasteiger partial charge in [0.15, 0.2) is 0 Å². The Morgan fingerprint density at radius 3 is 3.00 bits per heavy atom. The Hall–Kier alpha value is 0.740. The molecule has 2 rings (SSSR count). The van der Waals surface area contributed by atoms with Crippen molar-refractivity contribution in [2.24, 2.45) is 11.8 Å². The first kappa shape index (κ1) is 10.3. The van der Waals surface area contributed by atoms with Gasteiger partial charge in [-0.15, -0.1) is 0 Å². The molecule has 0 aromatic carbocycles. The first-order valence-corrected chi connectivity index (χ1v) is 7.65. The summed E-state index contributed by atoms with van der Waals surface area (Å²) in [5.41, 5.74) is 0. The number of hydrogen-bond acceptors (Lipinski definition) is 2. The molecule has 0 bridgehead atoms. The Morgan fingerprint density at radius 2 is 2.31 bits per heavy atom. The van der Waals surface area contributed by atoms with Gasteiger partial charge in [-0.1, -0.05) is 25.2 Å². The van der Waals surface area contributed by atoms with Gasteiger partial charge in [0.25, 0.3) is 0 Å². The molecule has 1 aliphatic heterocycles. The van der Waals surface area contributed by atoms with Gasteiger partial charge in [0.05, 0.1) is 14.1 Å². The van der Waals surface area contributed by atoms with E-state index in [4.69, 9.17) is 4.52 Å². The van der Waals surface area contributed by atoms with Crippen LogP contribution in [0.2, 0.25) is 0 Å². The third-order valence-electron chi connectivity index (χ3n) is 3.62. The molecule has 2 fully saturated rings. The summed E-state index contributed by atoms with van der Waals surface area (Å²) in [6, 6.07) is 0. The summed E-state index contributed by atoms with van der Waals surface area (Å²) in [5, 5.41) is 0. The molecule has 2 unspecified atom stereocenters. The maximum absolute atomic E-state index is 5.83. The van der Waals surface area contributed by atoms with Crippen molar-refractivity contribution in [3.05, 3.63) is 0 Å². The van der Waals surface area contributed by atoms with E-state index in [1.54, 1.807) is 0 Å². The summed E-state index contributed by atoms with van der Waals surface area (Å²) in [5.74, 6) is 1.74. The van der Waals surface area contributed by atoms with Crippen LogP contribution >= 0.6 is 19.4 Å². The van der Waals surface area contributed by atoms with Gasteiger partial charge in [-0.2, -0.15) is 0 Å². The molecule has 4 atom stereocenters. The van der Waals surface area contributed by atoms with Crippen LogP contribution in [0.3, 0.4) is 0 Å². The molecule has 1 aliphatic carbocycles. The maximum Gasteiger partial charge on any atom is 0.0776 e. The smallest absolute Gasteiger partial charge is 0.0776 e. The van der Waals surface area contributed by atoms with Crippen LogP contribution in [0, 0.1) is 11.8 Å². The molecule has 1 saturated heterocycles. The zero-order valence-corrected chi connectivity index (χ0v) is 10.5. The molecule has 1 saturated carbocycles. The number of hydrogen-bond donors (Lipinski definition) is 0. The van der Waals surface area contributed by atoms with Gasteiger partial charge < -0.3 is 4.52 Å². The molecular weight excluding hydrogens is 199 g/mol. The lowest BCUT2D eigenvalue weighted by molar-refractivity contribution is 0.101. The fraction of sp³-hybridized carbons (Fsp3) is 1.00. The van der Waals surface area contributed by atoms with Crippen LogP contribution < -0.4 is 0 Å². The molecule has 3 heteroatoms. The molecule has 1 nitrogen and oxygen atoms in total. The standard InChI is InChI=1S/C10H19OPS/c1-7(2)8-4-5-10(3)9(6-8)11-12-13-10/h7-9,12H,4-6H2,1-3H3/t8?,9-,10-/m1/s1. The lowest BCUT2D eigenvalue weighted by Gasteiger charge is -2.38. The Labute approximate surface area is 87.0 Å². The van der Waals surface area contributed by atoms with Crippen molar-refractivity contribution in [3.63, 3.8) is 0 Å². The van der Waals surface area contributed by atoms with Crippen LogP contribution in [0.5, 0.6) is 0 Å². The second-order valence-corrected chi connectivity index (χ2v) is 7.53. The topological polar surface area (TPSA) is 9.23 Å². The average Bonchev–Trinajstić information content (AvgIpc) is 2.44. The molecule has 0 N–H and O–H groups in total. The predicted molar refractivity (Wildman–Crippen MR) is 61.4 cm³/mol. The van der Waals surface area contributed by atoms with E-state index in [9.17, 15) is 0 Å². The van der Waals surface area contributed by atoms with Crippen LogP contribution in [0.15, 0.2) is 0 Å². The van der Waals surface area contributed by atoms with Crippen molar-refractivity contribution < 1.29 is 4.52 Å². The van der Waals surface area contributed by atoms with Gasteiger partial charge in [-0.25, -0.2) is 0 Å². The largest absolute Gasteiger partial charge is 0.347 e. The fourth-order valence-electron chi connectivity index (χ4n) is 2.35. The van der Waals surface area contributed by atoms with Gasteiger partial charge >= 0.3 is 0 Å². The Kier molecular flexibility index (Phi) is 2.93. The zero-order valence-electron chi connectivity index (χ0n) is 8.67. The highest BCUT2D eigenvalue weighted by Gasteiger charge is 2.45. The predicted octanol–water partition coefficient (Wildman–Crippen LogP) is 3.84. The normalized spacial score (nSPS) is 47.1. The molecule has 0 aromatic heterocycles. The van der Waals surface area contributed by atoms with E-state index in [2.05, 4.69) is 20.8 Å². The molecular formula is C10H19OPS. The molecule has 0 aromatic rings. The van der Waals surface area contributed by atoms with E-state index in [1.165, 1.54) is 19.3 Å². The maximum atomic E-state index is 5.83. The second kappa shape index (κ2) is 3.72. The summed E-state index contributed by atoms with van der Waals surface area (Å²) in [6.07, 6.45) is 4.62. The van der Waals surface area contributed by atoms with Crippen molar-refractivity contribution in [1.82, 2.24) is 0 Å². The fourth-order valence-corrected chi connectivity index (χ4v) is 5.40. The van der Waals surface area contributed by atoms with Crippen molar-refractivity contribution >= 4 is 19.4 Å². The first-order chi connectivity index (χ1) is 6.12. The minimum Gasteiger partial charge on any atom is -0.347 e. The van der Waals surface area contributed by atoms with Gasteiger partial charge in [0, 0.05) is 4.75 Å². The summed E-state index contributed by atoms with van der Waals surface area (Å²) in [4.78, 5) is 0. The van der Waals surface area contributed by atoms with E-state index in [0.717, 1.165) is 11.8 Å². The van der Waals surface area contributed by atoms with Crippen LogP contribution in [-0.2, 0) is 4.52 Å². The highest BCUT2D eigenvalue weighted by Crippen LogP contribution is 2.59. The first-order valence-electron chi connectivity index (χ1n) is 5.20. The van der Waals surface area contributed by atoms with Crippen molar-refractivity contribution in [2.75, 3.05) is 0 Å². The van der Waals surface area contributed by atoms with Crippen LogP contribution in [0.4, 0.5) is 0 Å². The summed E-state index contributed by atoms with van der Waals surface area (Å²) in [7, 11) is 0.694. The molecule has 1 heterocycles. The number of rotatable bonds is 1. The van der Waals surface area contributed by atoms with Gasteiger partial charge in [-0.05, 0) is 38.0 Å². The Balaban J connectivity index is 2.02. The summed E-state index contributed by atoms with van der Waals surface area (Å²) >= 11 is 2.05. The van der Waals surface area contributed by atoms with Crippen LogP contribution in [0.1, 0.15) is 40.0 Å². The van der Waals surface area contributed by atoms with E-state index in [-0.39, 0.29) is 0 Å².